The smallest absolute Gasteiger partial charge is 0.306 e. The van der Waals surface area contributed by atoms with Crippen LogP contribution in [-0.2, 0) is 14.3 Å². The fourth-order valence-electron chi connectivity index (χ4n) is 1.37. The molecule has 1 amide bonds. The molecule has 0 aromatic heterocycles. The number of hydrogen-bond acceptors (Lipinski definition) is 4. The molecule has 0 saturated carbocycles. The van der Waals surface area contributed by atoms with Crippen LogP contribution in [0.4, 0.5) is 0 Å². The van der Waals surface area contributed by atoms with Gasteiger partial charge in [-0.25, -0.2) is 0 Å². The van der Waals surface area contributed by atoms with Gasteiger partial charge in [0.1, 0.15) is 0 Å². The Balaban J connectivity index is 4.04. The third-order valence-corrected chi connectivity index (χ3v) is 3.06. The normalized spacial score (nSPS) is 12.6. The molecule has 0 bridgehead atoms. The molecule has 0 aromatic rings. The Labute approximate surface area is 110 Å². The second-order valence-corrected chi connectivity index (χ2v) is 4.80. The molecule has 0 aromatic carbocycles. The summed E-state index contributed by atoms with van der Waals surface area (Å²) in [6.45, 7) is 9.71. The van der Waals surface area contributed by atoms with Crippen LogP contribution in [0.2, 0.25) is 0 Å². The van der Waals surface area contributed by atoms with Gasteiger partial charge in [-0.15, -0.1) is 0 Å². The van der Waals surface area contributed by atoms with E-state index in [1.165, 1.54) is 7.11 Å². The van der Waals surface area contributed by atoms with Gasteiger partial charge in [-0.05, 0) is 19.4 Å². The van der Waals surface area contributed by atoms with Crippen LogP contribution >= 0.6 is 0 Å². The Hall–Kier alpha value is -1.10. The van der Waals surface area contributed by atoms with Gasteiger partial charge in [-0.3, -0.25) is 14.5 Å². The quantitative estimate of drug-likeness (QED) is 0.661. The van der Waals surface area contributed by atoms with Crippen molar-refractivity contribution in [2.75, 3.05) is 26.7 Å². The average Bonchev–Trinajstić information content (AvgIpc) is 2.33. The molecule has 1 unspecified atom stereocenters. The summed E-state index contributed by atoms with van der Waals surface area (Å²) in [5.74, 6) is 0.173. The van der Waals surface area contributed by atoms with Crippen LogP contribution in [0.15, 0.2) is 0 Å². The van der Waals surface area contributed by atoms with Crippen LogP contribution < -0.4 is 5.32 Å². The van der Waals surface area contributed by atoms with E-state index in [0.29, 0.717) is 25.4 Å². The highest BCUT2D eigenvalue weighted by atomic mass is 16.5. The number of amides is 1. The topological polar surface area (TPSA) is 58.6 Å². The van der Waals surface area contributed by atoms with E-state index in [9.17, 15) is 9.59 Å². The van der Waals surface area contributed by atoms with E-state index in [1.807, 2.05) is 18.7 Å². The largest absolute Gasteiger partial charge is 0.469 e. The molecular weight excluding hydrogens is 232 g/mol. The summed E-state index contributed by atoms with van der Waals surface area (Å²) in [6.07, 6.45) is 0.317. The maximum atomic E-state index is 11.8. The molecule has 0 aliphatic carbocycles. The fourth-order valence-corrected chi connectivity index (χ4v) is 1.37. The van der Waals surface area contributed by atoms with Crippen molar-refractivity contribution in [1.82, 2.24) is 10.2 Å². The zero-order valence-corrected chi connectivity index (χ0v) is 12.2. The molecule has 0 aliphatic rings. The summed E-state index contributed by atoms with van der Waals surface area (Å²) in [4.78, 5) is 24.7. The molecule has 0 heterocycles. The molecule has 18 heavy (non-hydrogen) atoms. The van der Waals surface area contributed by atoms with Gasteiger partial charge < -0.3 is 10.1 Å². The van der Waals surface area contributed by atoms with Gasteiger partial charge in [-0.1, -0.05) is 20.8 Å². The third kappa shape index (κ3) is 7.27. The Morgan fingerprint density at radius 2 is 1.89 bits per heavy atom. The molecule has 5 nitrogen and oxygen atoms in total. The van der Waals surface area contributed by atoms with Gasteiger partial charge in [0, 0.05) is 12.6 Å². The Morgan fingerprint density at radius 3 is 2.33 bits per heavy atom. The number of rotatable bonds is 8. The highest BCUT2D eigenvalue weighted by molar-refractivity contribution is 5.78. The van der Waals surface area contributed by atoms with Gasteiger partial charge in [0.15, 0.2) is 0 Å². The number of carbonyl (C=O) groups excluding carboxylic acids is 2. The number of hydrogen-bond donors (Lipinski definition) is 1. The summed E-state index contributed by atoms with van der Waals surface area (Å²) in [7, 11) is 1.37. The molecule has 1 atom stereocenters. The van der Waals surface area contributed by atoms with E-state index in [1.54, 1.807) is 0 Å². The highest BCUT2D eigenvalue weighted by Gasteiger charge is 2.14. The third-order valence-electron chi connectivity index (χ3n) is 3.06. The first-order valence-corrected chi connectivity index (χ1v) is 6.49. The van der Waals surface area contributed by atoms with Crippen LogP contribution in [0, 0.1) is 5.92 Å². The zero-order chi connectivity index (χ0) is 14.1. The molecular formula is C13H26N2O3. The fraction of sp³-hybridized carbons (Fsp3) is 0.846. The number of nitrogens with one attached hydrogen (secondary N) is 1. The molecule has 0 rings (SSSR count). The monoisotopic (exact) mass is 258 g/mol. The number of carbonyl (C=O) groups is 2. The summed E-state index contributed by atoms with van der Waals surface area (Å²) in [5, 5.41) is 2.95. The molecule has 0 fully saturated rings. The maximum Gasteiger partial charge on any atom is 0.306 e. The summed E-state index contributed by atoms with van der Waals surface area (Å²) in [6, 6.07) is 0.164. The number of methoxy groups -OCH3 is 1. The second kappa shape index (κ2) is 8.91. The number of likely N-dealkylation sites (N-methyl/N-ethyl adjacent to an activating group) is 1. The summed E-state index contributed by atoms with van der Waals surface area (Å²) in [5.41, 5.74) is 0. The van der Waals surface area contributed by atoms with E-state index < -0.39 is 0 Å². The zero-order valence-electron chi connectivity index (χ0n) is 12.2. The van der Waals surface area contributed by atoms with Gasteiger partial charge in [0.25, 0.3) is 0 Å². The van der Waals surface area contributed by atoms with Crippen molar-refractivity contribution in [3.8, 4) is 0 Å². The minimum atomic E-state index is -0.246. The highest BCUT2D eigenvalue weighted by Crippen LogP contribution is 2.00. The van der Waals surface area contributed by atoms with Crippen molar-refractivity contribution in [2.45, 2.75) is 40.2 Å². The number of nitrogens with zero attached hydrogens (tertiary/aromatic N) is 1. The maximum absolute atomic E-state index is 11.8. The first kappa shape index (κ1) is 16.9. The van der Waals surface area contributed by atoms with Crippen molar-refractivity contribution < 1.29 is 14.3 Å². The van der Waals surface area contributed by atoms with Crippen LogP contribution in [0.3, 0.4) is 0 Å². The molecule has 0 aliphatic heterocycles. The van der Waals surface area contributed by atoms with E-state index in [2.05, 4.69) is 23.9 Å². The standard InChI is InChI=1S/C13H26N2O3/c1-6-15(8-7-13(17)18-5)9-12(16)14-11(4)10(2)3/h10-11H,6-9H2,1-5H3,(H,14,16). The van der Waals surface area contributed by atoms with Gasteiger partial charge in [0.2, 0.25) is 5.91 Å². The van der Waals surface area contributed by atoms with E-state index in [-0.39, 0.29) is 17.9 Å². The summed E-state index contributed by atoms with van der Waals surface area (Å²) >= 11 is 0. The van der Waals surface area contributed by atoms with Crippen LogP contribution in [0.5, 0.6) is 0 Å². The number of ether oxygens (including phenoxy) is 1. The van der Waals surface area contributed by atoms with E-state index >= 15 is 0 Å². The summed E-state index contributed by atoms with van der Waals surface area (Å²) < 4.78 is 4.58. The predicted molar refractivity (Wildman–Crippen MR) is 71.2 cm³/mol. The van der Waals surface area contributed by atoms with Crippen molar-refractivity contribution in [3.63, 3.8) is 0 Å². The molecule has 106 valence electrons. The van der Waals surface area contributed by atoms with Crippen molar-refractivity contribution >= 4 is 11.9 Å². The first-order valence-electron chi connectivity index (χ1n) is 6.49. The van der Waals surface area contributed by atoms with Crippen molar-refractivity contribution in [2.24, 2.45) is 5.92 Å². The Morgan fingerprint density at radius 1 is 1.28 bits per heavy atom. The molecule has 5 heteroatoms. The van der Waals surface area contributed by atoms with Gasteiger partial charge in [-0.2, -0.15) is 0 Å². The SMILES string of the molecule is CCN(CCC(=O)OC)CC(=O)NC(C)C(C)C. The van der Waals surface area contributed by atoms with E-state index in [4.69, 9.17) is 0 Å². The Bertz CT molecular complexity index is 267. The minimum Gasteiger partial charge on any atom is -0.469 e. The molecule has 0 spiro atoms. The second-order valence-electron chi connectivity index (χ2n) is 4.80. The van der Waals surface area contributed by atoms with E-state index in [0.717, 1.165) is 6.54 Å². The average molecular weight is 258 g/mol. The van der Waals surface area contributed by atoms with Crippen molar-refractivity contribution in [3.05, 3.63) is 0 Å². The van der Waals surface area contributed by atoms with Crippen LogP contribution in [0.25, 0.3) is 0 Å². The molecule has 1 N–H and O–H groups in total. The van der Waals surface area contributed by atoms with Crippen LogP contribution in [0.1, 0.15) is 34.1 Å². The predicted octanol–water partition coefficient (Wildman–Crippen LogP) is 1.03. The lowest BCUT2D eigenvalue weighted by Gasteiger charge is -2.22. The lowest BCUT2D eigenvalue weighted by atomic mass is 10.1. The van der Waals surface area contributed by atoms with Gasteiger partial charge >= 0.3 is 5.97 Å². The van der Waals surface area contributed by atoms with Crippen LogP contribution in [-0.4, -0.2) is 49.6 Å². The Kier molecular flexibility index (Phi) is 8.37. The lowest BCUT2D eigenvalue weighted by molar-refractivity contribution is -0.141. The molecule has 0 radical (unpaired) electrons. The van der Waals surface area contributed by atoms with Gasteiger partial charge in [0.05, 0.1) is 20.1 Å². The minimum absolute atomic E-state index is 0.00270. The molecule has 0 saturated heterocycles. The first-order chi connectivity index (χ1) is 8.40. The van der Waals surface area contributed by atoms with Crippen molar-refractivity contribution in [1.29, 1.82) is 0 Å². The lowest BCUT2D eigenvalue weighted by Crippen LogP contribution is -2.43. The number of esters is 1.